The Kier molecular flexibility index (Phi) is 42.8. The molecule has 1 aliphatic rings. The first-order valence-corrected chi connectivity index (χ1v) is 26.8. The zero-order chi connectivity index (χ0) is 43.4. The molecule has 8 nitrogen and oxygen atoms in total. The van der Waals surface area contributed by atoms with Crippen molar-refractivity contribution >= 4 is 5.91 Å². The van der Waals surface area contributed by atoms with Crippen LogP contribution in [0, 0.1) is 0 Å². The van der Waals surface area contributed by atoms with Crippen molar-refractivity contribution in [3.8, 4) is 0 Å². The fourth-order valence-corrected chi connectivity index (χ4v) is 8.87. The molecule has 0 N–H and O–H groups in total. The summed E-state index contributed by atoms with van der Waals surface area (Å²) < 4.78 is 10.5. The minimum atomic E-state index is 0.341. The number of carbonyl (C=O) groups is 1. The first-order valence-electron chi connectivity index (χ1n) is 26.8. The molecule has 0 atom stereocenters. The zero-order valence-electron chi connectivity index (χ0n) is 41.5. The molecule has 8 heteroatoms. The maximum Gasteiger partial charge on any atom is 0.236 e. The molecule has 1 rings (SSSR count). The zero-order valence-corrected chi connectivity index (χ0v) is 41.5. The van der Waals surface area contributed by atoms with E-state index in [1.54, 1.807) is 7.11 Å². The molecule has 0 bridgehead atoms. The van der Waals surface area contributed by atoms with Crippen molar-refractivity contribution in [3.63, 3.8) is 0 Å². The highest BCUT2D eigenvalue weighted by Gasteiger charge is 2.23. The maximum atomic E-state index is 13.7. The van der Waals surface area contributed by atoms with Gasteiger partial charge in [-0.1, -0.05) is 175 Å². The Labute approximate surface area is 376 Å². The van der Waals surface area contributed by atoms with Crippen molar-refractivity contribution in [2.75, 3.05) is 112 Å². The first-order chi connectivity index (χ1) is 29.6. The Morgan fingerprint density at radius 1 is 0.417 bits per heavy atom. The summed E-state index contributed by atoms with van der Waals surface area (Å²) in [6.45, 7) is 25.3. The Morgan fingerprint density at radius 3 is 1.17 bits per heavy atom. The molecular formula is C52H107N5O3. The normalized spacial score (nSPS) is 13.8. The average Bonchev–Trinajstić information content (AvgIpc) is 3.26. The summed E-state index contributed by atoms with van der Waals surface area (Å²) in [6, 6.07) is 0. The van der Waals surface area contributed by atoms with Crippen LogP contribution in [0.5, 0.6) is 0 Å². The van der Waals surface area contributed by atoms with E-state index in [1.807, 2.05) is 0 Å². The lowest BCUT2D eigenvalue weighted by molar-refractivity contribution is -0.134. The molecule has 1 aliphatic heterocycles. The molecule has 1 amide bonds. The minimum absolute atomic E-state index is 0.341. The van der Waals surface area contributed by atoms with E-state index in [4.69, 9.17) is 9.47 Å². The van der Waals surface area contributed by atoms with E-state index in [-0.39, 0.29) is 0 Å². The van der Waals surface area contributed by atoms with E-state index in [0.29, 0.717) is 19.2 Å². The molecule has 0 spiro atoms. The molecule has 60 heavy (non-hydrogen) atoms. The second-order valence-corrected chi connectivity index (χ2v) is 18.7. The van der Waals surface area contributed by atoms with Gasteiger partial charge in [-0.05, 0) is 77.7 Å². The molecule has 0 aliphatic carbocycles. The molecule has 0 radical (unpaired) electrons. The summed E-state index contributed by atoms with van der Waals surface area (Å²) in [6.07, 6.45) is 40.2. The fourth-order valence-electron chi connectivity index (χ4n) is 8.87. The second kappa shape index (κ2) is 44.8. The van der Waals surface area contributed by atoms with E-state index >= 15 is 0 Å². The number of carbonyl (C=O) groups excluding carboxylic acids is 1. The number of methoxy groups -OCH3 is 1. The van der Waals surface area contributed by atoms with E-state index in [1.165, 1.54) is 206 Å². The smallest absolute Gasteiger partial charge is 0.236 e. The van der Waals surface area contributed by atoms with E-state index < -0.39 is 0 Å². The van der Waals surface area contributed by atoms with Gasteiger partial charge in [0.05, 0.1) is 6.54 Å². The number of hydrogen-bond donors (Lipinski definition) is 0. The number of hydrogen-bond acceptors (Lipinski definition) is 7. The largest absolute Gasteiger partial charge is 0.359 e. The standard InChI is InChI=1S/C52H107N5O3/c1-6-10-14-18-22-26-31-37-53(36-30-25-21-17-13-9-4)41-42-54(38-32-27-23-19-15-11-7-2)43-44-55-45-47-57(48-46-55)52(58)50-56(39-33-28-24-20-16-12-8-3)40-34-29-35-49-60-51-59-5/h6-51H2,1-5H3. The Balaban J connectivity index is 2.68. The summed E-state index contributed by atoms with van der Waals surface area (Å²) in [5.41, 5.74) is 0. The second-order valence-electron chi connectivity index (χ2n) is 18.7. The first kappa shape index (κ1) is 57.2. The lowest BCUT2D eigenvalue weighted by Crippen LogP contribution is -2.52. The molecule has 0 unspecified atom stereocenters. The van der Waals surface area contributed by atoms with Crippen LogP contribution in [0.2, 0.25) is 0 Å². The van der Waals surface area contributed by atoms with Crippen LogP contribution in [0.3, 0.4) is 0 Å². The van der Waals surface area contributed by atoms with Crippen LogP contribution in [-0.2, 0) is 14.3 Å². The van der Waals surface area contributed by atoms with Gasteiger partial charge in [0.1, 0.15) is 6.79 Å². The molecule has 0 aromatic heterocycles. The van der Waals surface area contributed by atoms with Gasteiger partial charge in [-0.15, -0.1) is 0 Å². The average molecular weight is 850 g/mol. The summed E-state index contributed by atoms with van der Waals surface area (Å²) >= 11 is 0. The molecule has 0 aromatic rings. The number of amides is 1. The van der Waals surface area contributed by atoms with Gasteiger partial charge < -0.3 is 24.2 Å². The highest BCUT2D eigenvalue weighted by Crippen LogP contribution is 2.13. The monoisotopic (exact) mass is 850 g/mol. The SMILES string of the molecule is CCCCCCCCCN(CCCCCCCC)CCN(CCCCCCCCC)CCN1CCN(C(=O)CN(CCCCCCCCC)CCCCCOCOC)CC1. The highest BCUT2D eigenvalue weighted by molar-refractivity contribution is 5.78. The molecule has 1 saturated heterocycles. The van der Waals surface area contributed by atoms with Crippen molar-refractivity contribution in [1.29, 1.82) is 0 Å². The van der Waals surface area contributed by atoms with Crippen molar-refractivity contribution < 1.29 is 14.3 Å². The molecule has 0 saturated carbocycles. The van der Waals surface area contributed by atoms with Gasteiger partial charge in [0.2, 0.25) is 5.91 Å². The minimum Gasteiger partial charge on any atom is -0.359 e. The Bertz CT molecular complexity index is 855. The van der Waals surface area contributed by atoms with Gasteiger partial charge >= 0.3 is 0 Å². The number of nitrogens with zero attached hydrogens (tertiary/aromatic N) is 5. The third-order valence-electron chi connectivity index (χ3n) is 13.1. The molecular weight excluding hydrogens is 743 g/mol. The van der Waals surface area contributed by atoms with Crippen LogP contribution >= 0.6 is 0 Å². The molecule has 1 heterocycles. The van der Waals surface area contributed by atoms with Gasteiger partial charge in [-0.3, -0.25) is 14.6 Å². The summed E-state index contributed by atoms with van der Waals surface area (Å²) in [5.74, 6) is 0.341. The lowest BCUT2D eigenvalue weighted by atomic mass is 10.1. The third-order valence-corrected chi connectivity index (χ3v) is 13.1. The number of piperazine rings is 1. The lowest BCUT2D eigenvalue weighted by Gasteiger charge is -2.37. The van der Waals surface area contributed by atoms with Crippen LogP contribution < -0.4 is 0 Å². The van der Waals surface area contributed by atoms with E-state index in [0.717, 1.165) is 78.2 Å². The van der Waals surface area contributed by atoms with Gasteiger partial charge in [-0.2, -0.15) is 0 Å². The van der Waals surface area contributed by atoms with Gasteiger partial charge in [-0.25, -0.2) is 0 Å². The van der Waals surface area contributed by atoms with Crippen molar-refractivity contribution in [2.45, 2.75) is 220 Å². The number of ether oxygens (including phenoxy) is 2. The van der Waals surface area contributed by atoms with Gasteiger partial charge in [0.25, 0.3) is 0 Å². The van der Waals surface area contributed by atoms with E-state index in [2.05, 4.69) is 52.2 Å². The molecule has 1 fully saturated rings. The molecule has 358 valence electrons. The Hall–Kier alpha value is -0.770. The number of rotatable bonds is 47. The van der Waals surface area contributed by atoms with Gasteiger partial charge in [0, 0.05) is 66.1 Å². The summed E-state index contributed by atoms with van der Waals surface area (Å²) in [7, 11) is 1.68. The molecule has 0 aromatic carbocycles. The van der Waals surface area contributed by atoms with Crippen LogP contribution in [0.1, 0.15) is 220 Å². The third kappa shape index (κ3) is 35.7. The van der Waals surface area contributed by atoms with Crippen molar-refractivity contribution in [2.24, 2.45) is 0 Å². The van der Waals surface area contributed by atoms with Crippen LogP contribution in [0.15, 0.2) is 0 Å². The van der Waals surface area contributed by atoms with Crippen molar-refractivity contribution in [1.82, 2.24) is 24.5 Å². The fraction of sp³-hybridized carbons (Fsp3) is 0.981. The van der Waals surface area contributed by atoms with E-state index in [9.17, 15) is 4.79 Å². The van der Waals surface area contributed by atoms with Crippen LogP contribution in [0.25, 0.3) is 0 Å². The van der Waals surface area contributed by atoms with Crippen molar-refractivity contribution in [3.05, 3.63) is 0 Å². The highest BCUT2D eigenvalue weighted by atomic mass is 16.7. The van der Waals surface area contributed by atoms with Crippen LogP contribution in [-0.4, -0.2) is 143 Å². The quantitative estimate of drug-likeness (QED) is 0.0446. The topological polar surface area (TPSA) is 51.7 Å². The Morgan fingerprint density at radius 2 is 0.767 bits per heavy atom. The summed E-state index contributed by atoms with van der Waals surface area (Å²) in [4.78, 5) is 26.6. The predicted octanol–water partition coefficient (Wildman–Crippen LogP) is 12.4. The van der Waals surface area contributed by atoms with Crippen LogP contribution in [0.4, 0.5) is 0 Å². The predicted molar refractivity (Wildman–Crippen MR) is 261 cm³/mol. The van der Waals surface area contributed by atoms with Gasteiger partial charge in [0.15, 0.2) is 0 Å². The maximum absolute atomic E-state index is 13.7. The summed E-state index contributed by atoms with van der Waals surface area (Å²) in [5, 5.41) is 0. The number of unbranched alkanes of at least 4 members (excludes halogenated alkanes) is 25.